The molecule has 0 saturated heterocycles. The fourth-order valence-corrected chi connectivity index (χ4v) is 4.90. The summed E-state index contributed by atoms with van der Waals surface area (Å²) < 4.78 is 67.9. The van der Waals surface area contributed by atoms with Crippen molar-refractivity contribution in [2.24, 2.45) is 0 Å². The maximum atomic E-state index is 12.5. The molecule has 2 N–H and O–H groups in total. The van der Waals surface area contributed by atoms with Crippen molar-refractivity contribution in [3.8, 4) is 0 Å². The number of hydrogen-bond donors (Lipinski definition) is 2. The number of alkyl halides is 3. The van der Waals surface area contributed by atoms with Gasteiger partial charge in [-0.2, -0.15) is 13.2 Å². The lowest BCUT2D eigenvalue weighted by Crippen LogP contribution is -2.33. The predicted octanol–water partition coefficient (Wildman–Crippen LogP) is 3.36. The van der Waals surface area contributed by atoms with Gasteiger partial charge in [-0.05, 0) is 44.5 Å². The molecule has 0 bridgehead atoms. The number of hydrogen-bond acceptors (Lipinski definition) is 7. The van der Waals surface area contributed by atoms with Crippen LogP contribution in [0.2, 0.25) is 0 Å². The number of aromatic nitrogens is 2. The smallest absolute Gasteiger partial charge is 0.402 e. The molecule has 0 saturated carbocycles. The van der Waals surface area contributed by atoms with Crippen molar-refractivity contribution in [2.45, 2.75) is 37.9 Å². The Morgan fingerprint density at radius 3 is 2.66 bits per heavy atom. The summed E-state index contributed by atoms with van der Waals surface area (Å²) in [5, 5.41) is 0.457. The van der Waals surface area contributed by atoms with E-state index >= 15 is 0 Å². The number of thiophene rings is 1. The van der Waals surface area contributed by atoms with E-state index in [1.165, 1.54) is 35.1 Å². The molecule has 1 unspecified atom stereocenters. The predicted molar refractivity (Wildman–Crippen MR) is 111 cm³/mol. The summed E-state index contributed by atoms with van der Waals surface area (Å²) in [6.07, 6.45) is -5.71. The van der Waals surface area contributed by atoms with Gasteiger partial charge in [0.1, 0.15) is 11.4 Å². The Bertz CT molecular complexity index is 1350. The number of benzene rings is 1. The number of sulfonamides is 1. The summed E-state index contributed by atoms with van der Waals surface area (Å²) >= 11 is 1.33. The van der Waals surface area contributed by atoms with Gasteiger partial charge in [0.15, 0.2) is 11.9 Å². The molecule has 3 aromatic rings. The van der Waals surface area contributed by atoms with Gasteiger partial charge in [-0.15, -0.1) is 11.3 Å². The van der Waals surface area contributed by atoms with Crippen molar-refractivity contribution in [2.75, 3.05) is 6.54 Å². The molecule has 2 aromatic heterocycles. The number of aryl methyl sites for hydroxylation is 2. The Kier molecular flexibility index (Phi) is 6.45. The molecular formula is C19H18F3N3O5S2. The third kappa shape index (κ3) is 5.16. The number of nitrogens with one attached hydrogen (secondary N) is 2. The number of rotatable bonds is 6. The Labute approximate surface area is 184 Å². The molecule has 0 amide bonds. The molecule has 0 aliphatic rings. The van der Waals surface area contributed by atoms with Crippen molar-refractivity contribution in [3.63, 3.8) is 0 Å². The quantitative estimate of drug-likeness (QED) is 0.513. The summed E-state index contributed by atoms with van der Waals surface area (Å²) in [5.41, 5.74) is 0.239. The van der Waals surface area contributed by atoms with Crippen LogP contribution in [0.5, 0.6) is 0 Å². The highest BCUT2D eigenvalue weighted by Crippen LogP contribution is 2.27. The molecule has 8 nitrogen and oxygen atoms in total. The average molecular weight is 489 g/mol. The monoisotopic (exact) mass is 489 g/mol. The number of aromatic amines is 1. The summed E-state index contributed by atoms with van der Waals surface area (Å²) in [5.74, 6) is -0.834. The van der Waals surface area contributed by atoms with E-state index < -0.39 is 39.7 Å². The molecule has 172 valence electrons. The molecule has 0 aliphatic heterocycles. The Hall–Kier alpha value is -2.77. The zero-order valence-corrected chi connectivity index (χ0v) is 18.7. The molecular weight excluding hydrogens is 471 g/mol. The van der Waals surface area contributed by atoms with E-state index in [-0.39, 0.29) is 16.9 Å². The number of esters is 1. The number of carbonyl (C=O) groups is 1. The van der Waals surface area contributed by atoms with Crippen LogP contribution in [0.3, 0.4) is 0 Å². The fraction of sp³-hybridized carbons (Fsp3) is 0.316. The Balaban J connectivity index is 1.81. The van der Waals surface area contributed by atoms with E-state index in [2.05, 4.69) is 9.97 Å². The lowest BCUT2D eigenvalue weighted by molar-refractivity contribution is -0.121. The maximum absolute atomic E-state index is 12.5. The van der Waals surface area contributed by atoms with Crippen LogP contribution in [0.1, 0.15) is 39.7 Å². The molecule has 1 atom stereocenters. The highest BCUT2D eigenvalue weighted by atomic mass is 32.2. The summed E-state index contributed by atoms with van der Waals surface area (Å²) in [7, 11) is -4.50. The first-order chi connectivity index (χ1) is 14.8. The average Bonchev–Trinajstić information content (AvgIpc) is 3.00. The largest absolute Gasteiger partial charge is 0.451 e. The van der Waals surface area contributed by atoms with Gasteiger partial charge in [-0.25, -0.2) is 22.9 Å². The van der Waals surface area contributed by atoms with Crippen molar-refractivity contribution < 1.29 is 31.1 Å². The van der Waals surface area contributed by atoms with Crippen molar-refractivity contribution in [1.82, 2.24) is 14.7 Å². The number of ether oxygens (including phenoxy) is 1. The van der Waals surface area contributed by atoms with Crippen LogP contribution < -0.4 is 10.3 Å². The van der Waals surface area contributed by atoms with Crippen LogP contribution >= 0.6 is 11.3 Å². The van der Waals surface area contributed by atoms with E-state index in [0.717, 1.165) is 22.6 Å². The fourth-order valence-electron chi connectivity index (χ4n) is 2.80. The lowest BCUT2D eigenvalue weighted by atomic mass is 10.2. The van der Waals surface area contributed by atoms with Gasteiger partial charge < -0.3 is 9.72 Å². The van der Waals surface area contributed by atoms with Crippen molar-refractivity contribution in [3.05, 3.63) is 56.4 Å². The third-order valence-corrected chi connectivity index (χ3v) is 7.07. The molecule has 0 aliphatic carbocycles. The third-order valence-electron chi connectivity index (χ3n) is 4.57. The van der Waals surface area contributed by atoms with Crippen LogP contribution in [0.15, 0.2) is 34.0 Å². The Morgan fingerprint density at radius 2 is 2.00 bits per heavy atom. The second-order valence-corrected chi connectivity index (χ2v) is 9.90. The van der Waals surface area contributed by atoms with Gasteiger partial charge in [0.2, 0.25) is 10.0 Å². The highest BCUT2D eigenvalue weighted by Gasteiger charge is 2.30. The van der Waals surface area contributed by atoms with Gasteiger partial charge >= 0.3 is 12.1 Å². The number of nitrogens with zero attached hydrogens (tertiary/aromatic N) is 1. The molecule has 0 radical (unpaired) electrons. The minimum Gasteiger partial charge on any atom is -0.451 e. The van der Waals surface area contributed by atoms with E-state index in [9.17, 15) is 31.2 Å². The second-order valence-electron chi connectivity index (χ2n) is 6.93. The first-order valence-corrected chi connectivity index (χ1v) is 11.5. The SMILES string of the molecule is Cc1sc2nc(C(C)OC(=O)c3cccc(S(=O)(=O)NCC(F)(F)F)c3)[nH]c(=O)c2c1C. The maximum Gasteiger partial charge on any atom is 0.402 e. The minimum atomic E-state index is -4.73. The molecule has 0 fully saturated rings. The second kappa shape index (κ2) is 8.64. The highest BCUT2D eigenvalue weighted by molar-refractivity contribution is 7.89. The van der Waals surface area contributed by atoms with E-state index in [4.69, 9.17) is 4.74 Å². The van der Waals surface area contributed by atoms with Gasteiger partial charge in [0.05, 0.1) is 15.8 Å². The number of fused-ring (bicyclic) bond motifs is 1. The van der Waals surface area contributed by atoms with Crippen LogP contribution in [-0.4, -0.2) is 37.1 Å². The van der Waals surface area contributed by atoms with E-state index in [1.54, 1.807) is 6.92 Å². The first kappa shape index (κ1) is 23.9. The standard InChI is InChI=1S/C19H18F3N3O5S2/c1-9-11(3)31-17-14(9)16(26)24-15(25-17)10(2)30-18(27)12-5-4-6-13(7-12)32(28,29)23-8-19(20,21)22/h4-7,10,23H,8H2,1-3H3,(H,24,25,26). The normalized spacial score (nSPS) is 13.3. The van der Waals surface area contributed by atoms with Gasteiger partial charge in [-0.1, -0.05) is 6.07 Å². The van der Waals surface area contributed by atoms with Crippen LogP contribution in [-0.2, 0) is 14.8 Å². The van der Waals surface area contributed by atoms with Crippen LogP contribution in [0.4, 0.5) is 13.2 Å². The van der Waals surface area contributed by atoms with E-state index in [1.807, 2.05) is 6.92 Å². The van der Waals surface area contributed by atoms with Gasteiger partial charge in [0, 0.05) is 4.88 Å². The first-order valence-electron chi connectivity index (χ1n) is 9.16. The topological polar surface area (TPSA) is 118 Å². The Morgan fingerprint density at radius 1 is 1.31 bits per heavy atom. The summed E-state index contributed by atoms with van der Waals surface area (Å²) in [4.78, 5) is 32.7. The van der Waals surface area contributed by atoms with E-state index in [0.29, 0.717) is 10.2 Å². The molecule has 32 heavy (non-hydrogen) atoms. The molecule has 0 spiro atoms. The zero-order chi connectivity index (χ0) is 23.8. The van der Waals surface area contributed by atoms with Crippen molar-refractivity contribution >= 4 is 37.5 Å². The lowest BCUT2D eigenvalue weighted by Gasteiger charge is -2.13. The van der Waals surface area contributed by atoms with Gasteiger partial charge in [0.25, 0.3) is 5.56 Å². The van der Waals surface area contributed by atoms with Crippen molar-refractivity contribution in [1.29, 1.82) is 0 Å². The molecule has 13 heteroatoms. The minimum absolute atomic E-state index is 0.104. The number of H-pyrrole nitrogens is 1. The number of carbonyl (C=O) groups excluding carboxylic acids is 1. The molecule has 1 aromatic carbocycles. The molecule has 2 heterocycles. The molecule has 3 rings (SSSR count). The van der Waals surface area contributed by atoms with Crippen LogP contribution in [0, 0.1) is 13.8 Å². The van der Waals surface area contributed by atoms with Crippen LogP contribution in [0.25, 0.3) is 10.2 Å². The van der Waals surface area contributed by atoms with Gasteiger partial charge in [-0.3, -0.25) is 4.79 Å². The number of halogens is 3. The summed E-state index contributed by atoms with van der Waals surface area (Å²) in [6.45, 7) is 3.39. The summed E-state index contributed by atoms with van der Waals surface area (Å²) in [6, 6.07) is 4.41. The zero-order valence-electron chi connectivity index (χ0n) is 17.0.